The van der Waals surface area contributed by atoms with Crippen molar-refractivity contribution < 1.29 is 4.74 Å². The van der Waals surface area contributed by atoms with Crippen LogP contribution < -0.4 is 11.2 Å². The van der Waals surface area contributed by atoms with Gasteiger partial charge < -0.3 is 15.4 Å². The van der Waals surface area contributed by atoms with Crippen LogP contribution in [0.15, 0.2) is 0 Å². The summed E-state index contributed by atoms with van der Waals surface area (Å²) in [5, 5.41) is 2.27. The minimum Gasteiger partial charge on any atom is -0.379 e. The van der Waals surface area contributed by atoms with E-state index < -0.39 is 0 Å². The van der Waals surface area contributed by atoms with Gasteiger partial charge >= 0.3 is 0 Å². The summed E-state index contributed by atoms with van der Waals surface area (Å²) in [6, 6.07) is 0. The second-order valence-electron chi connectivity index (χ2n) is 5.04. The van der Waals surface area contributed by atoms with E-state index in [2.05, 4.69) is 22.4 Å². The van der Waals surface area contributed by atoms with Crippen molar-refractivity contribution in [3.63, 3.8) is 0 Å². The summed E-state index contributed by atoms with van der Waals surface area (Å²) in [7, 11) is 2.17. The van der Waals surface area contributed by atoms with Crippen molar-refractivity contribution in [1.29, 1.82) is 0 Å². The molecule has 5 heteroatoms. The molecular formula is C11H24N4O. The average Bonchev–Trinajstić information content (AvgIpc) is 2.30. The summed E-state index contributed by atoms with van der Waals surface area (Å²) < 4.78 is 5.35. The van der Waals surface area contributed by atoms with E-state index in [1.165, 1.54) is 19.4 Å². The maximum atomic E-state index is 5.97. The third-order valence-electron chi connectivity index (χ3n) is 3.56. The van der Waals surface area contributed by atoms with Gasteiger partial charge in [0.15, 0.2) is 0 Å². The van der Waals surface area contributed by atoms with Gasteiger partial charge in [-0.15, -0.1) is 0 Å². The van der Waals surface area contributed by atoms with Crippen LogP contribution in [0.25, 0.3) is 0 Å². The van der Waals surface area contributed by atoms with Crippen LogP contribution in [0, 0.1) is 0 Å². The fourth-order valence-electron chi connectivity index (χ4n) is 2.68. The van der Waals surface area contributed by atoms with E-state index >= 15 is 0 Å². The molecule has 16 heavy (non-hydrogen) atoms. The first-order valence-electron chi connectivity index (χ1n) is 6.23. The van der Waals surface area contributed by atoms with Gasteiger partial charge in [0, 0.05) is 26.2 Å². The molecule has 0 aromatic rings. The van der Waals surface area contributed by atoms with Crippen molar-refractivity contribution in [3.05, 3.63) is 0 Å². The number of hydrazine groups is 1. The fraction of sp³-hybridized carbons (Fsp3) is 1.00. The molecule has 0 aromatic carbocycles. The molecule has 2 fully saturated rings. The highest BCUT2D eigenvalue weighted by Gasteiger charge is 2.34. The Balaban J connectivity index is 1.91. The monoisotopic (exact) mass is 228 g/mol. The second-order valence-corrected chi connectivity index (χ2v) is 5.04. The third-order valence-corrected chi connectivity index (χ3v) is 3.56. The standard InChI is InChI=1S/C11H24N4O/c1-14-4-2-3-11(9-12,10-14)13-15-5-7-16-8-6-15/h13H,2-10,12H2,1H3. The topological polar surface area (TPSA) is 53.8 Å². The highest BCUT2D eigenvalue weighted by atomic mass is 16.5. The molecular weight excluding hydrogens is 204 g/mol. The summed E-state index contributed by atoms with van der Waals surface area (Å²) in [5.74, 6) is 0. The summed E-state index contributed by atoms with van der Waals surface area (Å²) >= 11 is 0. The quantitative estimate of drug-likeness (QED) is 0.665. The Hall–Kier alpha value is -0.200. The van der Waals surface area contributed by atoms with E-state index in [4.69, 9.17) is 10.5 Å². The average molecular weight is 228 g/mol. The molecule has 0 spiro atoms. The molecule has 94 valence electrons. The van der Waals surface area contributed by atoms with Crippen LogP contribution >= 0.6 is 0 Å². The molecule has 2 aliphatic rings. The summed E-state index contributed by atoms with van der Waals surface area (Å²) in [6.45, 7) is 6.51. The number of rotatable bonds is 3. The molecule has 5 nitrogen and oxygen atoms in total. The number of nitrogens with zero attached hydrogens (tertiary/aromatic N) is 2. The first-order chi connectivity index (χ1) is 7.74. The second kappa shape index (κ2) is 5.42. The molecule has 0 aromatic heterocycles. The van der Waals surface area contributed by atoms with Crippen LogP contribution in [-0.2, 0) is 4.74 Å². The van der Waals surface area contributed by atoms with E-state index in [1.807, 2.05) is 0 Å². The maximum Gasteiger partial charge on any atom is 0.0608 e. The number of likely N-dealkylation sites (tertiary alicyclic amines) is 1. The lowest BCUT2D eigenvalue weighted by Crippen LogP contribution is -2.66. The number of hydrogen-bond acceptors (Lipinski definition) is 5. The molecule has 0 radical (unpaired) electrons. The van der Waals surface area contributed by atoms with Gasteiger partial charge in [-0.1, -0.05) is 0 Å². The van der Waals surface area contributed by atoms with Crippen molar-refractivity contribution in [2.75, 3.05) is 53.0 Å². The molecule has 2 saturated heterocycles. The van der Waals surface area contributed by atoms with Crippen LogP contribution in [0.2, 0.25) is 0 Å². The van der Waals surface area contributed by atoms with Gasteiger partial charge in [-0.2, -0.15) is 0 Å². The molecule has 2 heterocycles. The first-order valence-corrected chi connectivity index (χ1v) is 6.23. The Morgan fingerprint density at radius 2 is 2.06 bits per heavy atom. The summed E-state index contributed by atoms with van der Waals surface area (Å²) in [4.78, 5) is 2.36. The number of ether oxygens (including phenoxy) is 1. The molecule has 2 aliphatic heterocycles. The Labute approximate surface area is 97.9 Å². The van der Waals surface area contributed by atoms with Gasteiger partial charge in [0.05, 0.1) is 18.8 Å². The Morgan fingerprint density at radius 3 is 2.69 bits per heavy atom. The first kappa shape index (κ1) is 12.3. The summed E-state index contributed by atoms with van der Waals surface area (Å²) in [5.41, 5.74) is 9.68. The van der Waals surface area contributed by atoms with Gasteiger partial charge in [-0.25, -0.2) is 10.4 Å². The van der Waals surface area contributed by atoms with E-state index in [0.717, 1.165) is 32.8 Å². The highest BCUT2D eigenvalue weighted by Crippen LogP contribution is 2.19. The smallest absolute Gasteiger partial charge is 0.0608 e. The summed E-state index contributed by atoms with van der Waals surface area (Å²) in [6.07, 6.45) is 2.40. The maximum absolute atomic E-state index is 5.97. The van der Waals surface area contributed by atoms with Crippen molar-refractivity contribution in [2.24, 2.45) is 5.73 Å². The van der Waals surface area contributed by atoms with Gasteiger partial charge in [0.1, 0.15) is 0 Å². The lowest BCUT2D eigenvalue weighted by atomic mass is 9.90. The van der Waals surface area contributed by atoms with Crippen LogP contribution in [0.5, 0.6) is 0 Å². The molecule has 3 N–H and O–H groups in total. The van der Waals surface area contributed by atoms with E-state index in [9.17, 15) is 0 Å². The molecule has 0 saturated carbocycles. The van der Waals surface area contributed by atoms with E-state index in [0.29, 0.717) is 6.54 Å². The molecule has 0 amide bonds. The normalized spacial score (nSPS) is 34.1. The molecule has 1 unspecified atom stereocenters. The van der Waals surface area contributed by atoms with Crippen LogP contribution in [0.1, 0.15) is 12.8 Å². The van der Waals surface area contributed by atoms with Gasteiger partial charge in [0.25, 0.3) is 0 Å². The molecule has 0 aliphatic carbocycles. The van der Waals surface area contributed by atoms with Gasteiger partial charge in [0.2, 0.25) is 0 Å². The van der Waals surface area contributed by atoms with Gasteiger partial charge in [-0.05, 0) is 26.4 Å². The molecule has 0 bridgehead atoms. The minimum atomic E-state index is 0.0737. The minimum absolute atomic E-state index is 0.0737. The highest BCUT2D eigenvalue weighted by molar-refractivity contribution is 4.94. The predicted octanol–water partition coefficient (Wildman–Crippen LogP) is -0.754. The lowest BCUT2D eigenvalue weighted by molar-refractivity contribution is -0.0248. The Morgan fingerprint density at radius 1 is 1.31 bits per heavy atom. The van der Waals surface area contributed by atoms with Crippen LogP contribution in [0.4, 0.5) is 0 Å². The third kappa shape index (κ3) is 2.93. The van der Waals surface area contributed by atoms with E-state index in [-0.39, 0.29) is 5.54 Å². The fourth-order valence-corrected chi connectivity index (χ4v) is 2.68. The number of nitrogens with two attached hydrogens (primary N) is 1. The number of nitrogens with one attached hydrogen (secondary N) is 1. The zero-order chi connectivity index (χ0) is 11.4. The van der Waals surface area contributed by atoms with Crippen molar-refractivity contribution >= 4 is 0 Å². The molecule has 2 rings (SSSR count). The van der Waals surface area contributed by atoms with Crippen molar-refractivity contribution in [3.8, 4) is 0 Å². The predicted molar refractivity (Wildman–Crippen MR) is 64.0 cm³/mol. The lowest BCUT2D eigenvalue weighted by Gasteiger charge is -2.45. The number of piperidine rings is 1. The van der Waals surface area contributed by atoms with Crippen LogP contribution in [-0.4, -0.2) is 68.4 Å². The van der Waals surface area contributed by atoms with Gasteiger partial charge in [-0.3, -0.25) is 0 Å². The van der Waals surface area contributed by atoms with E-state index in [1.54, 1.807) is 0 Å². The van der Waals surface area contributed by atoms with Crippen molar-refractivity contribution in [2.45, 2.75) is 18.4 Å². The number of morpholine rings is 1. The zero-order valence-electron chi connectivity index (χ0n) is 10.2. The number of hydrogen-bond donors (Lipinski definition) is 2. The van der Waals surface area contributed by atoms with Crippen molar-refractivity contribution in [1.82, 2.24) is 15.3 Å². The Bertz CT molecular complexity index is 220. The largest absolute Gasteiger partial charge is 0.379 e. The molecule has 1 atom stereocenters. The Kier molecular flexibility index (Phi) is 4.16. The zero-order valence-corrected chi connectivity index (χ0v) is 10.2. The number of likely N-dealkylation sites (N-methyl/N-ethyl adjacent to an activating group) is 1. The SMILES string of the molecule is CN1CCCC(CN)(NN2CCOCC2)C1. The van der Waals surface area contributed by atoms with Crippen LogP contribution in [0.3, 0.4) is 0 Å².